The molecule has 1 aliphatic heterocycles. The number of aryl methyl sites for hydroxylation is 2. The van der Waals surface area contributed by atoms with Crippen LogP contribution in [-0.2, 0) is 20.1 Å². The zero-order chi connectivity index (χ0) is 28.0. The zero-order valence-corrected chi connectivity index (χ0v) is 23.4. The Bertz CT molecular complexity index is 1200. The first kappa shape index (κ1) is 28.8. The summed E-state index contributed by atoms with van der Waals surface area (Å²) >= 11 is 0. The van der Waals surface area contributed by atoms with E-state index in [4.69, 9.17) is 4.74 Å². The van der Waals surface area contributed by atoms with Crippen molar-refractivity contribution in [2.45, 2.75) is 77.4 Å². The van der Waals surface area contributed by atoms with Gasteiger partial charge in [0.1, 0.15) is 11.4 Å². The molecule has 2 aliphatic rings. The Morgan fingerprint density at radius 2 is 2.00 bits per heavy atom. The van der Waals surface area contributed by atoms with Gasteiger partial charge in [0.25, 0.3) is 0 Å². The van der Waals surface area contributed by atoms with Gasteiger partial charge >= 0.3 is 6.11 Å². The quantitative estimate of drug-likeness (QED) is 0.314. The van der Waals surface area contributed by atoms with Crippen LogP contribution >= 0.6 is 0 Å². The average molecular weight is 542 g/mol. The lowest BCUT2D eigenvalue weighted by molar-refractivity contribution is -0.131. The van der Waals surface area contributed by atoms with Gasteiger partial charge in [-0.05, 0) is 70.1 Å². The van der Waals surface area contributed by atoms with Gasteiger partial charge in [0.05, 0.1) is 17.9 Å². The predicted molar refractivity (Wildman–Crippen MR) is 150 cm³/mol. The second kappa shape index (κ2) is 12.3. The monoisotopic (exact) mass is 541 g/mol. The molecule has 0 saturated heterocycles. The molecule has 0 amide bonds. The number of nitrogens with one attached hydrogen (secondary N) is 4. The molecule has 0 spiro atoms. The lowest BCUT2D eigenvalue weighted by Gasteiger charge is -2.39. The highest BCUT2D eigenvalue weighted by Gasteiger charge is 2.32. The van der Waals surface area contributed by atoms with E-state index in [2.05, 4.69) is 57.9 Å². The highest BCUT2D eigenvalue weighted by molar-refractivity contribution is 5.83. The Hall–Kier alpha value is -3.24. The first-order chi connectivity index (χ1) is 18.6. The molecule has 1 atom stereocenters. The van der Waals surface area contributed by atoms with Crippen LogP contribution in [-0.4, -0.2) is 40.1 Å². The van der Waals surface area contributed by atoms with Crippen molar-refractivity contribution in [3.63, 3.8) is 0 Å². The van der Waals surface area contributed by atoms with Gasteiger partial charge in [-0.2, -0.15) is 13.9 Å². The fourth-order valence-corrected chi connectivity index (χ4v) is 5.05. The third kappa shape index (κ3) is 7.67. The van der Waals surface area contributed by atoms with Gasteiger partial charge in [-0.1, -0.05) is 24.8 Å². The Kier molecular flexibility index (Phi) is 9.07. The van der Waals surface area contributed by atoms with E-state index in [1.54, 1.807) is 18.2 Å². The van der Waals surface area contributed by atoms with Gasteiger partial charge in [0.15, 0.2) is 5.96 Å². The predicted octanol–water partition coefficient (Wildman–Crippen LogP) is 4.49. The molecular weight excluding hydrogens is 500 g/mol. The fraction of sp³-hybridized carbons (Fsp3) is 0.517. The smallest absolute Gasteiger partial charge is 0.419 e. The molecule has 1 aliphatic carbocycles. The largest absolute Gasteiger partial charge is 0.429 e. The summed E-state index contributed by atoms with van der Waals surface area (Å²) < 4.78 is 34.2. The minimum Gasteiger partial charge on any atom is -0.429 e. The van der Waals surface area contributed by atoms with Gasteiger partial charge < -0.3 is 20.7 Å². The Morgan fingerprint density at radius 3 is 2.69 bits per heavy atom. The maximum atomic E-state index is 13.7. The van der Waals surface area contributed by atoms with E-state index in [9.17, 15) is 8.78 Å². The minimum atomic E-state index is -3.44. The summed E-state index contributed by atoms with van der Waals surface area (Å²) in [6.07, 6.45) is 3.61. The average Bonchev–Trinajstić information content (AvgIpc) is 3.24. The number of aromatic nitrogens is 2. The van der Waals surface area contributed by atoms with Crippen molar-refractivity contribution in [2.24, 2.45) is 18.0 Å². The highest BCUT2D eigenvalue weighted by atomic mass is 19.3. The Morgan fingerprint density at radius 1 is 1.26 bits per heavy atom. The lowest BCUT2D eigenvalue weighted by Crippen LogP contribution is -2.63. The number of hydrogen-bond donors (Lipinski definition) is 4. The van der Waals surface area contributed by atoms with E-state index in [1.165, 1.54) is 24.6 Å². The number of nitrogens with zero attached hydrogens (tertiary/aromatic N) is 3. The van der Waals surface area contributed by atoms with Crippen LogP contribution in [0.3, 0.4) is 0 Å². The number of para-hydroxylation sites is 1. The second-order valence-corrected chi connectivity index (χ2v) is 10.7. The van der Waals surface area contributed by atoms with Gasteiger partial charge in [0, 0.05) is 44.0 Å². The normalized spacial score (nSPS) is 24.6. The molecule has 1 aromatic heterocycles. The van der Waals surface area contributed by atoms with Crippen LogP contribution in [0.15, 0.2) is 59.8 Å². The SMILES string of the molecule is C=CC(F)(F)Oc1ccccc1CN=C1NC=C(C)C(C)(NCC2CCC(NCc3cc(C)nn3C)CC2)N1. The first-order valence-electron chi connectivity index (χ1n) is 13.6. The van der Waals surface area contributed by atoms with E-state index in [0.29, 0.717) is 29.6 Å². The van der Waals surface area contributed by atoms with Crippen molar-refractivity contribution < 1.29 is 13.5 Å². The summed E-state index contributed by atoms with van der Waals surface area (Å²) in [5.74, 6) is 1.24. The molecule has 0 radical (unpaired) electrons. The summed E-state index contributed by atoms with van der Waals surface area (Å²) in [5.41, 5.74) is 3.46. The molecule has 1 saturated carbocycles. The van der Waals surface area contributed by atoms with E-state index < -0.39 is 11.8 Å². The molecular formula is C29H41F2N7O. The van der Waals surface area contributed by atoms with Crippen LogP contribution in [0.1, 0.15) is 56.5 Å². The number of rotatable bonds is 11. The standard InChI is InChI=1S/C29H41F2N7O/c1-6-29(30,31)39-26-10-8-7-9-23(26)18-34-27-33-16-20(2)28(4,36-27)35-17-22-11-13-24(14-12-22)32-19-25-15-21(3)37-38(25)5/h6-10,15-16,22,24,32,35H,1,11-14,17-19H2,2-5H3,(H2,33,34,36). The van der Waals surface area contributed by atoms with Gasteiger partial charge in [-0.25, -0.2) is 4.99 Å². The Balaban J connectivity index is 1.28. The number of ether oxygens (including phenoxy) is 1. The number of hydrogen-bond acceptors (Lipinski definition) is 5. The molecule has 39 heavy (non-hydrogen) atoms. The van der Waals surface area contributed by atoms with Gasteiger partial charge in [0.2, 0.25) is 0 Å². The van der Waals surface area contributed by atoms with E-state index >= 15 is 0 Å². The third-order valence-corrected chi connectivity index (χ3v) is 7.71. The summed E-state index contributed by atoms with van der Waals surface area (Å²) in [6, 6.07) is 9.33. The molecule has 8 nitrogen and oxygen atoms in total. The number of aliphatic imine (C=N–C) groups is 1. The van der Waals surface area contributed by atoms with Crippen LogP contribution in [0, 0.1) is 12.8 Å². The number of halogens is 2. The Labute approximate surface area is 230 Å². The number of benzene rings is 1. The van der Waals surface area contributed by atoms with Gasteiger partial charge in [-0.15, -0.1) is 0 Å². The molecule has 1 aromatic carbocycles. The molecule has 10 heteroatoms. The van der Waals surface area contributed by atoms with Crippen LogP contribution in [0.5, 0.6) is 5.75 Å². The first-order valence-corrected chi connectivity index (χ1v) is 13.6. The number of alkyl halides is 2. The summed E-state index contributed by atoms with van der Waals surface area (Å²) in [5, 5.41) is 18.5. The third-order valence-electron chi connectivity index (χ3n) is 7.71. The molecule has 4 rings (SSSR count). The zero-order valence-electron chi connectivity index (χ0n) is 23.4. The lowest BCUT2D eigenvalue weighted by atomic mass is 9.85. The highest BCUT2D eigenvalue weighted by Crippen LogP contribution is 2.28. The molecule has 0 bridgehead atoms. The summed E-state index contributed by atoms with van der Waals surface area (Å²) in [6.45, 7) is 11.2. The van der Waals surface area contributed by atoms with Crippen LogP contribution in [0.4, 0.5) is 8.78 Å². The molecule has 2 heterocycles. The van der Waals surface area contributed by atoms with E-state index in [1.807, 2.05) is 24.9 Å². The van der Waals surface area contributed by atoms with E-state index in [-0.39, 0.29) is 12.3 Å². The molecule has 1 fully saturated rings. The van der Waals surface area contributed by atoms with Crippen molar-refractivity contribution >= 4 is 5.96 Å². The fourth-order valence-electron chi connectivity index (χ4n) is 5.05. The summed E-state index contributed by atoms with van der Waals surface area (Å²) in [7, 11) is 1.99. The van der Waals surface area contributed by atoms with E-state index in [0.717, 1.165) is 37.2 Å². The van der Waals surface area contributed by atoms with Crippen LogP contribution in [0.2, 0.25) is 0 Å². The molecule has 4 N–H and O–H groups in total. The minimum absolute atomic E-state index is 0.0793. The van der Waals surface area contributed by atoms with Crippen molar-refractivity contribution in [3.8, 4) is 5.75 Å². The maximum Gasteiger partial charge on any atom is 0.419 e. The van der Waals surface area contributed by atoms with Gasteiger partial charge in [-0.3, -0.25) is 10.00 Å². The second-order valence-electron chi connectivity index (χ2n) is 10.7. The molecule has 1 unspecified atom stereocenters. The molecule has 212 valence electrons. The van der Waals surface area contributed by atoms with Crippen LogP contribution in [0.25, 0.3) is 0 Å². The van der Waals surface area contributed by atoms with Crippen molar-refractivity contribution in [1.82, 2.24) is 31.0 Å². The summed E-state index contributed by atoms with van der Waals surface area (Å²) in [4.78, 5) is 4.60. The van der Waals surface area contributed by atoms with Crippen LogP contribution < -0.4 is 26.0 Å². The number of guanidine groups is 1. The maximum absolute atomic E-state index is 13.7. The molecule has 2 aromatic rings. The topological polar surface area (TPSA) is 87.5 Å². The van der Waals surface area contributed by atoms with Crippen molar-refractivity contribution in [2.75, 3.05) is 6.54 Å². The van der Waals surface area contributed by atoms with Crippen molar-refractivity contribution in [1.29, 1.82) is 0 Å². The van der Waals surface area contributed by atoms with Crippen molar-refractivity contribution in [3.05, 3.63) is 71.7 Å².